The lowest BCUT2D eigenvalue weighted by molar-refractivity contribution is 0.103. The molecule has 0 spiro atoms. The van der Waals surface area contributed by atoms with Gasteiger partial charge in [-0.3, -0.25) is 9.69 Å². The van der Waals surface area contributed by atoms with Crippen LogP contribution >= 0.6 is 0 Å². The van der Waals surface area contributed by atoms with Crippen LogP contribution in [0.25, 0.3) is 0 Å². The molecule has 20 heavy (non-hydrogen) atoms. The minimum atomic E-state index is -0.341. The number of amides is 1. The van der Waals surface area contributed by atoms with Crippen molar-refractivity contribution >= 4 is 17.6 Å². The number of carbonyl (C=O) groups is 2. The lowest BCUT2D eigenvalue weighted by atomic mass is 10.0. The van der Waals surface area contributed by atoms with E-state index in [1.807, 2.05) is 18.2 Å². The van der Waals surface area contributed by atoms with Gasteiger partial charge in [-0.1, -0.05) is 30.3 Å². The van der Waals surface area contributed by atoms with Crippen molar-refractivity contribution in [3.05, 3.63) is 65.7 Å². The second-order valence-corrected chi connectivity index (χ2v) is 4.51. The molecule has 1 aliphatic rings. The first-order chi connectivity index (χ1) is 9.75. The van der Waals surface area contributed by atoms with Crippen molar-refractivity contribution in [1.82, 2.24) is 0 Å². The molecule has 4 heteroatoms. The summed E-state index contributed by atoms with van der Waals surface area (Å²) in [6, 6.07) is 16.1. The number of nitrogens with zero attached hydrogens (tertiary/aromatic N) is 1. The molecule has 2 aromatic rings. The third kappa shape index (κ3) is 2.28. The number of hydrogen-bond acceptors (Lipinski definition) is 3. The minimum Gasteiger partial charge on any atom is -0.447 e. The number of cyclic esters (lactones) is 1. The molecule has 1 aliphatic heterocycles. The van der Waals surface area contributed by atoms with Crippen LogP contribution in [0.3, 0.4) is 0 Å². The Morgan fingerprint density at radius 3 is 2.20 bits per heavy atom. The van der Waals surface area contributed by atoms with Crippen LogP contribution in [-0.2, 0) is 4.74 Å². The van der Waals surface area contributed by atoms with E-state index in [9.17, 15) is 9.59 Å². The normalized spacial score (nSPS) is 14.2. The van der Waals surface area contributed by atoms with Gasteiger partial charge in [0.1, 0.15) is 6.61 Å². The number of carbonyl (C=O) groups excluding carboxylic acids is 2. The third-order valence-corrected chi connectivity index (χ3v) is 3.24. The van der Waals surface area contributed by atoms with Gasteiger partial charge in [-0.15, -0.1) is 0 Å². The number of ketones is 1. The Labute approximate surface area is 116 Å². The molecule has 3 rings (SSSR count). The average molecular weight is 267 g/mol. The summed E-state index contributed by atoms with van der Waals surface area (Å²) in [5.41, 5.74) is 2.01. The third-order valence-electron chi connectivity index (χ3n) is 3.24. The lowest BCUT2D eigenvalue weighted by Crippen LogP contribution is -2.23. The Kier molecular flexibility index (Phi) is 3.21. The van der Waals surface area contributed by atoms with Crippen LogP contribution in [-0.4, -0.2) is 25.0 Å². The molecule has 1 fully saturated rings. The molecule has 1 amide bonds. The zero-order valence-electron chi connectivity index (χ0n) is 10.8. The van der Waals surface area contributed by atoms with E-state index in [0.29, 0.717) is 24.3 Å². The number of ether oxygens (including phenoxy) is 1. The van der Waals surface area contributed by atoms with E-state index >= 15 is 0 Å². The van der Waals surface area contributed by atoms with Crippen molar-refractivity contribution in [3.8, 4) is 0 Å². The van der Waals surface area contributed by atoms with E-state index in [1.165, 1.54) is 0 Å². The highest BCUT2D eigenvalue weighted by molar-refractivity contribution is 6.09. The van der Waals surface area contributed by atoms with Gasteiger partial charge in [0.25, 0.3) is 0 Å². The highest BCUT2D eigenvalue weighted by Crippen LogP contribution is 2.20. The van der Waals surface area contributed by atoms with Crippen molar-refractivity contribution in [3.63, 3.8) is 0 Å². The Bertz CT molecular complexity index is 635. The largest absolute Gasteiger partial charge is 0.447 e. The van der Waals surface area contributed by atoms with E-state index in [0.717, 1.165) is 5.69 Å². The quantitative estimate of drug-likeness (QED) is 0.803. The zero-order chi connectivity index (χ0) is 13.9. The van der Waals surface area contributed by atoms with Crippen LogP contribution < -0.4 is 4.90 Å². The summed E-state index contributed by atoms with van der Waals surface area (Å²) in [5, 5.41) is 0. The number of anilines is 1. The summed E-state index contributed by atoms with van der Waals surface area (Å²) < 4.78 is 4.89. The van der Waals surface area contributed by atoms with Gasteiger partial charge in [0, 0.05) is 16.8 Å². The van der Waals surface area contributed by atoms with Crippen LogP contribution in [0.15, 0.2) is 54.6 Å². The van der Waals surface area contributed by atoms with Crippen LogP contribution in [0.5, 0.6) is 0 Å². The molecule has 0 saturated carbocycles. The monoisotopic (exact) mass is 267 g/mol. The molecule has 100 valence electrons. The SMILES string of the molecule is O=C(c1ccccc1)c1ccc(N2CCOC2=O)cc1. The first-order valence-electron chi connectivity index (χ1n) is 6.40. The van der Waals surface area contributed by atoms with Gasteiger partial charge < -0.3 is 4.74 Å². The molecule has 2 aromatic carbocycles. The van der Waals surface area contributed by atoms with Crippen molar-refractivity contribution in [2.75, 3.05) is 18.1 Å². The summed E-state index contributed by atoms with van der Waals surface area (Å²) in [6.07, 6.45) is -0.341. The van der Waals surface area contributed by atoms with Crippen molar-refractivity contribution in [1.29, 1.82) is 0 Å². The summed E-state index contributed by atoms with van der Waals surface area (Å²) in [6.45, 7) is 0.953. The smallest absolute Gasteiger partial charge is 0.414 e. The van der Waals surface area contributed by atoms with Crippen LogP contribution in [0.1, 0.15) is 15.9 Å². The molecule has 0 bridgehead atoms. The van der Waals surface area contributed by atoms with Gasteiger partial charge in [0.05, 0.1) is 6.54 Å². The molecule has 4 nitrogen and oxygen atoms in total. The lowest BCUT2D eigenvalue weighted by Gasteiger charge is -2.12. The molecule has 1 saturated heterocycles. The fourth-order valence-corrected chi connectivity index (χ4v) is 2.18. The Hall–Kier alpha value is -2.62. The van der Waals surface area contributed by atoms with Crippen molar-refractivity contribution < 1.29 is 14.3 Å². The highest BCUT2D eigenvalue weighted by Gasteiger charge is 2.23. The van der Waals surface area contributed by atoms with E-state index in [4.69, 9.17) is 4.74 Å². The Morgan fingerprint density at radius 2 is 1.60 bits per heavy atom. The molecule has 0 aromatic heterocycles. The minimum absolute atomic E-state index is 0.0267. The maximum Gasteiger partial charge on any atom is 0.414 e. The van der Waals surface area contributed by atoms with Gasteiger partial charge in [0.15, 0.2) is 5.78 Å². The van der Waals surface area contributed by atoms with Crippen molar-refractivity contribution in [2.24, 2.45) is 0 Å². The van der Waals surface area contributed by atoms with Crippen molar-refractivity contribution in [2.45, 2.75) is 0 Å². The van der Waals surface area contributed by atoms with E-state index < -0.39 is 0 Å². The number of benzene rings is 2. The summed E-state index contributed by atoms with van der Waals surface area (Å²) >= 11 is 0. The van der Waals surface area contributed by atoms with Crippen LogP contribution in [0.4, 0.5) is 10.5 Å². The van der Waals surface area contributed by atoms with Gasteiger partial charge >= 0.3 is 6.09 Å². The van der Waals surface area contributed by atoms with E-state index in [1.54, 1.807) is 41.3 Å². The summed E-state index contributed by atoms with van der Waals surface area (Å²) in [4.78, 5) is 25.2. The highest BCUT2D eigenvalue weighted by atomic mass is 16.6. The van der Waals surface area contributed by atoms with Gasteiger partial charge in [-0.25, -0.2) is 4.79 Å². The van der Waals surface area contributed by atoms with Gasteiger partial charge in [0.2, 0.25) is 0 Å². The van der Waals surface area contributed by atoms with Gasteiger partial charge in [-0.05, 0) is 24.3 Å². The second-order valence-electron chi connectivity index (χ2n) is 4.51. The Morgan fingerprint density at radius 1 is 0.950 bits per heavy atom. The Balaban J connectivity index is 1.83. The molecular formula is C16H13NO3. The van der Waals surface area contributed by atoms with Gasteiger partial charge in [-0.2, -0.15) is 0 Å². The number of hydrogen-bond donors (Lipinski definition) is 0. The second kappa shape index (κ2) is 5.17. The average Bonchev–Trinajstić information content (AvgIpc) is 2.94. The maximum absolute atomic E-state index is 12.2. The fraction of sp³-hybridized carbons (Fsp3) is 0.125. The predicted octanol–water partition coefficient (Wildman–Crippen LogP) is 2.87. The molecule has 1 heterocycles. The molecule has 0 aliphatic carbocycles. The fourth-order valence-electron chi connectivity index (χ4n) is 2.18. The molecule has 0 atom stereocenters. The number of rotatable bonds is 3. The standard InChI is InChI=1S/C16H13NO3/c18-15(12-4-2-1-3-5-12)13-6-8-14(9-7-13)17-10-11-20-16(17)19/h1-9H,10-11H2. The first-order valence-corrected chi connectivity index (χ1v) is 6.40. The van der Waals surface area contributed by atoms with E-state index in [-0.39, 0.29) is 11.9 Å². The topological polar surface area (TPSA) is 46.6 Å². The molecule has 0 unspecified atom stereocenters. The molecular weight excluding hydrogens is 254 g/mol. The maximum atomic E-state index is 12.2. The first kappa shape index (κ1) is 12.4. The molecule has 0 radical (unpaired) electrons. The van der Waals surface area contributed by atoms with E-state index in [2.05, 4.69) is 0 Å². The van der Waals surface area contributed by atoms with Crippen LogP contribution in [0, 0.1) is 0 Å². The summed E-state index contributed by atoms with van der Waals surface area (Å²) in [5.74, 6) is -0.0267. The predicted molar refractivity (Wildman–Crippen MR) is 75.0 cm³/mol. The summed E-state index contributed by atoms with van der Waals surface area (Å²) in [7, 11) is 0. The van der Waals surface area contributed by atoms with Crippen LogP contribution in [0.2, 0.25) is 0 Å². The molecule has 0 N–H and O–H groups in total. The zero-order valence-corrected chi connectivity index (χ0v) is 10.8.